The van der Waals surface area contributed by atoms with Crippen LogP contribution in [0.4, 0.5) is 11.6 Å². The summed E-state index contributed by atoms with van der Waals surface area (Å²) in [6, 6.07) is 0.479. The maximum atomic E-state index is 12.7. The Morgan fingerprint density at radius 2 is 1.20 bits per heavy atom. The SMILES string of the molecule is COc1nc2c(c(=O)n1C)CN1CN2Cc2c1nc(OC)n(C)c2=O. The predicted octanol–water partition coefficient (Wildman–Crippen LogP) is -0.811. The first kappa shape index (κ1) is 15.5. The van der Waals surface area contributed by atoms with Crippen molar-refractivity contribution in [3.63, 3.8) is 0 Å². The van der Waals surface area contributed by atoms with Crippen LogP contribution in [0.5, 0.6) is 12.0 Å². The van der Waals surface area contributed by atoms with E-state index in [0.717, 1.165) is 0 Å². The van der Waals surface area contributed by atoms with Crippen molar-refractivity contribution in [3.8, 4) is 12.0 Å². The van der Waals surface area contributed by atoms with E-state index in [-0.39, 0.29) is 23.1 Å². The minimum Gasteiger partial charge on any atom is -0.468 e. The van der Waals surface area contributed by atoms with E-state index in [1.165, 1.54) is 23.4 Å². The minimum absolute atomic E-state index is 0.171. The maximum absolute atomic E-state index is 12.7. The quantitative estimate of drug-likeness (QED) is 0.697. The molecule has 132 valence electrons. The fourth-order valence-corrected chi connectivity index (χ4v) is 3.37. The second-order valence-electron chi connectivity index (χ2n) is 6.07. The smallest absolute Gasteiger partial charge is 0.300 e. The van der Waals surface area contributed by atoms with Crippen LogP contribution < -0.4 is 30.4 Å². The average molecular weight is 346 g/mol. The van der Waals surface area contributed by atoms with E-state index in [4.69, 9.17) is 9.47 Å². The summed E-state index contributed by atoms with van der Waals surface area (Å²) in [4.78, 5) is 38.0. The van der Waals surface area contributed by atoms with Gasteiger partial charge in [0.15, 0.2) is 0 Å². The minimum atomic E-state index is -0.171. The highest BCUT2D eigenvalue weighted by molar-refractivity contribution is 5.62. The highest BCUT2D eigenvalue weighted by Crippen LogP contribution is 2.34. The number of ether oxygens (including phenoxy) is 2. The van der Waals surface area contributed by atoms with Crippen LogP contribution in [0.25, 0.3) is 0 Å². The molecule has 2 aromatic heterocycles. The molecule has 4 rings (SSSR count). The molecular formula is C15H18N6O4. The molecule has 0 radical (unpaired) electrons. The fourth-order valence-electron chi connectivity index (χ4n) is 3.37. The van der Waals surface area contributed by atoms with Crippen LogP contribution in [-0.2, 0) is 27.2 Å². The van der Waals surface area contributed by atoms with Gasteiger partial charge in [-0.1, -0.05) is 0 Å². The molecule has 0 aromatic carbocycles. The molecule has 0 N–H and O–H groups in total. The monoisotopic (exact) mass is 346 g/mol. The van der Waals surface area contributed by atoms with Gasteiger partial charge in [0.05, 0.1) is 45.1 Å². The third-order valence-electron chi connectivity index (χ3n) is 4.65. The van der Waals surface area contributed by atoms with Gasteiger partial charge in [-0.25, -0.2) is 0 Å². The van der Waals surface area contributed by atoms with E-state index in [0.29, 0.717) is 42.5 Å². The van der Waals surface area contributed by atoms with Crippen LogP contribution >= 0.6 is 0 Å². The molecule has 0 saturated carbocycles. The first-order chi connectivity index (χ1) is 12.0. The second kappa shape index (κ2) is 5.23. The van der Waals surface area contributed by atoms with Gasteiger partial charge >= 0.3 is 12.0 Å². The molecule has 2 aliphatic rings. The number of hydrogen-bond acceptors (Lipinski definition) is 8. The normalized spacial score (nSPS) is 14.9. The van der Waals surface area contributed by atoms with Gasteiger partial charge in [0, 0.05) is 14.1 Å². The third kappa shape index (κ3) is 2.03. The average Bonchev–Trinajstić information content (AvgIpc) is 2.62. The molecule has 10 heteroatoms. The van der Waals surface area contributed by atoms with Gasteiger partial charge in [-0.2, -0.15) is 9.97 Å². The van der Waals surface area contributed by atoms with Crippen LogP contribution in [0.1, 0.15) is 11.1 Å². The number of rotatable bonds is 2. The number of methoxy groups -OCH3 is 2. The lowest BCUT2D eigenvalue weighted by Gasteiger charge is -2.42. The Morgan fingerprint density at radius 1 is 0.800 bits per heavy atom. The van der Waals surface area contributed by atoms with Crippen molar-refractivity contribution < 1.29 is 9.47 Å². The Bertz CT molecular complexity index is 915. The zero-order valence-corrected chi connectivity index (χ0v) is 14.4. The van der Waals surface area contributed by atoms with Gasteiger partial charge in [0.2, 0.25) is 0 Å². The lowest BCUT2D eigenvalue weighted by Crippen LogP contribution is -2.51. The first-order valence-corrected chi connectivity index (χ1v) is 7.74. The number of fused-ring (bicyclic) bond motifs is 6. The van der Waals surface area contributed by atoms with E-state index in [1.54, 1.807) is 14.1 Å². The number of anilines is 2. The van der Waals surface area contributed by atoms with Gasteiger partial charge in [-0.3, -0.25) is 18.7 Å². The molecule has 0 amide bonds. The van der Waals surface area contributed by atoms with Crippen molar-refractivity contribution in [2.75, 3.05) is 30.7 Å². The van der Waals surface area contributed by atoms with Crippen molar-refractivity contribution in [2.24, 2.45) is 14.1 Å². The Hall–Kier alpha value is -3.04. The molecule has 0 atom stereocenters. The standard InChI is InChI=1S/C15H18N6O4/c1-18-12(22)8-5-20-7-21(10(8)16-14(18)24-3)6-9-11(20)17-15(25-4)19(2)13(9)23/h5-7H2,1-4H3. The third-order valence-corrected chi connectivity index (χ3v) is 4.65. The number of aromatic nitrogens is 4. The molecular weight excluding hydrogens is 328 g/mol. The maximum Gasteiger partial charge on any atom is 0.300 e. The molecule has 2 bridgehead atoms. The van der Waals surface area contributed by atoms with Crippen LogP contribution in [0.15, 0.2) is 9.59 Å². The van der Waals surface area contributed by atoms with Crippen molar-refractivity contribution in [3.05, 3.63) is 31.8 Å². The summed E-state index contributed by atoms with van der Waals surface area (Å²) >= 11 is 0. The van der Waals surface area contributed by atoms with Crippen LogP contribution in [0.3, 0.4) is 0 Å². The van der Waals surface area contributed by atoms with E-state index in [9.17, 15) is 9.59 Å². The second-order valence-corrected chi connectivity index (χ2v) is 6.07. The Labute approximate surface area is 142 Å². The Balaban J connectivity index is 1.91. The topological polar surface area (TPSA) is 94.7 Å². The molecule has 0 fully saturated rings. The molecule has 4 heterocycles. The molecule has 2 aromatic rings. The molecule has 2 aliphatic heterocycles. The Kier molecular flexibility index (Phi) is 3.24. The molecule has 0 aliphatic carbocycles. The summed E-state index contributed by atoms with van der Waals surface area (Å²) in [5, 5.41) is 0. The van der Waals surface area contributed by atoms with Gasteiger partial charge in [0.1, 0.15) is 11.6 Å². The number of nitrogens with zero attached hydrogens (tertiary/aromatic N) is 6. The Morgan fingerprint density at radius 3 is 1.56 bits per heavy atom. The van der Waals surface area contributed by atoms with E-state index in [2.05, 4.69) is 9.97 Å². The lowest BCUT2D eigenvalue weighted by atomic mass is 10.1. The zero-order chi connectivity index (χ0) is 17.9. The van der Waals surface area contributed by atoms with E-state index in [1.807, 2.05) is 9.80 Å². The summed E-state index contributed by atoms with van der Waals surface area (Å²) in [6.45, 7) is 1.14. The van der Waals surface area contributed by atoms with E-state index < -0.39 is 0 Å². The van der Waals surface area contributed by atoms with Crippen molar-refractivity contribution in [1.29, 1.82) is 0 Å². The number of hydrogen-bond donors (Lipinski definition) is 0. The van der Waals surface area contributed by atoms with Crippen LogP contribution in [-0.4, -0.2) is 40.0 Å². The lowest BCUT2D eigenvalue weighted by molar-refractivity contribution is 0.351. The molecule has 0 unspecified atom stereocenters. The highest BCUT2D eigenvalue weighted by atomic mass is 16.5. The van der Waals surface area contributed by atoms with Gasteiger partial charge in [-0.05, 0) is 0 Å². The molecule has 0 spiro atoms. The van der Waals surface area contributed by atoms with Crippen molar-refractivity contribution in [1.82, 2.24) is 19.1 Å². The largest absolute Gasteiger partial charge is 0.468 e. The summed E-state index contributed by atoms with van der Waals surface area (Å²) in [5.41, 5.74) is 0.773. The first-order valence-electron chi connectivity index (χ1n) is 7.74. The van der Waals surface area contributed by atoms with Crippen molar-refractivity contribution >= 4 is 11.6 Å². The van der Waals surface area contributed by atoms with Crippen LogP contribution in [0.2, 0.25) is 0 Å². The summed E-state index contributed by atoms with van der Waals surface area (Å²) in [6.07, 6.45) is 0. The summed E-state index contributed by atoms with van der Waals surface area (Å²) < 4.78 is 13.1. The summed E-state index contributed by atoms with van der Waals surface area (Å²) in [7, 11) is 6.18. The molecule has 25 heavy (non-hydrogen) atoms. The van der Waals surface area contributed by atoms with Gasteiger partial charge < -0.3 is 19.3 Å². The molecule has 10 nitrogen and oxygen atoms in total. The zero-order valence-electron chi connectivity index (χ0n) is 14.4. The highest BCUT2D eigenvalue weighted by Gasteiger charge is 2.36. The van der Waals surface area contributed by atoms with Gasteiger partial charge in [-0.15, -0.1) is 0 Å². The predicted molar refractivity (Wildman–Crippen MR) is 89.3 cm³/mol. The summed E-state index contributed by atoms with van der Waals surface area (Å²) in [5.74, 6) is 1.11. The molecule has 0 saturated heterocycles. The fraction of sp³-hybridized carbons (Fsp3) is 0.467. The van der Waals surface area contributed by atoms with Crippen LogP contribution in [0, 0.1) is 0 Å². The van der Waals surface area contributed by atoms with E-state index >= 15 is 0 Å². The van der Waals surface area contributed by atoms with Crippen molar-refractivity contribution in [2.45, 2.75) is 13.1 Å². The van der Waals surface area contributed by atoms with Gasteiger partial charge in [0.25, 0.3) is 11.1 Å².